The fourth-order valence-corrected chi connectivity index (χ4v) is 2.59. The Morgan fingerprint density at radius 3 is 2.86 bits per heavy atom. The van der Waals surface area contributed by atoms with Crippen molar-refractivity contribution in [1.29, 1.82) is 0 Å². The average Bonchev–Trinajstić information content (AvgIpc) is 2.52. The van der Waals surface area contributed by atoms with Gasteiger partial charge in [-0.1, -0.05) is 11.6 Å². The third-order valence-corrected chi connectivity index (χ3v) is 3.80. The van der Waals surface area contributed by atoms with Gasteiger partial charge < -0.3 is 16.0 Å². The maximum atomic E-state index is 13.2. The molecule has 22 heavy (non-hydrogen) atoms. The summed E-state index contributed by atoms with van der Waals surface area (Å²) in [6.07, 6.45) is 3.77. The van der Waals surface area contributed by atoms with E-state index >= 15 is 0 Å². The monoisotopic (exact) mass is 321 g/mol. The molecule has 0 bridgehead atoms. The molecule has 1 aliphatic rings. The van der Waals surface area contributed by atoms with Gasteiger partial charge in [0.05, 0.1) is 5.02 Å². The highest BCUT2D eigenvalue weighted by atomic mass is 35.5. The second-order valence-electron chi connectivity index (χ2n) is 5.23. The maximum Gasteiger partial charge on any atom is 0.141 e. The van der Waals surface area contributed by atoms with Crippen molar-refractivity contribution in [2.45, 2.75) is 18.9 Å². The fourth-order valence-electron chi connectivity index (χ4n) is 2.41. The van der Waals surface area contributed by atoms with Gasteiger partial charge in [0.2, 0.25) is 0 Å². The molecule has 2 heterocycles. The first kappa shape index (κ1) is 15.0. The summed E-state index contributed by atoms with van der Waals surface area (Å²) in [5.41, 5.74) is 0.676. The van der Waals surface area contributed by atoms with Crippen LogP contribution >= 0.6 is 11.6 Å². The van der Waals surface area contributed by atoms with Crippen molar-refractivity contribution < 1.29 is 4.39 Å². The van der Waals surface area contributed by atoms with Gasteiger partial charge in [-0.15, -0.1) is 0 Å². The number of rotatable bonds is 4. The van der Waals surface area contributed by atoms with E-state index in [9.17, 15) is 4.39 Å². The summed E-state index contributed by atoms with van der Waals surface area (Å²) in [5.74, 6) is 0.949. The van der Waals surface area contributed by atoms with E-state index < -0.39 is 5.82 Å². The summed E-state index contributed by atoms with van der Waals surface area (Å²) in [5, 5.41) is 9.90. The third kappa shape index (κ3) is 3.84. The Balaban J connectivity index is 1.68. The maximum absolute atomic E-state index is 13.2. The number of anilines is 3. The average molecular weight is 322 g/mol. The number of nitrogens with one attached hydrogen (secondary N) is 3. The quantitative estimate of drug-likeness (QED) is 0.807. The van der Waals surface area contributed by atoms with Crippen LogP contribution in [-0.4, -0.2) is 29.1 Å². The van der Waals surface area contributed by atoms with Crippen molar-refractivity contribution >= 4 is 28.9 Å². The van der Waals surface area contributed by atoms with Gasteiger partial charge in [-0.05, 0) is 37.6 Å². The number of halogens is 2. The standard InChI is InChI=1S/C15H17ClFN5/c16-12-6-10(3-4-13(12)17)21-14-7-15(20-9-19-14)22-11-2-1-5-18-8-11/h3-4,6-7,9,11,18H,1-2,5,8H2,(H2,19,20,21,22). The zero-order valence-electron chi connectivity index (χ0n) is 11.9. The lowest BCUT2D eigenvalue weighted by molar-refractivity contribution is 0.479. The van der Waals surface area contributed by atoms with Crippen LogP contribution in [0.15, 0.2) is 30.6 Å². The van der Waals surface area contributed by atoms with Crippen molar-refractivity contribution in [3.63, 3.8) is 0 Å². The summed E-state index contributed by atoms with van der Waals surface area (Å²) >= 11 is 5.77. The van der Waals surface area contributed by atoms with Crippen LogP contribution in [0, 0.1) is 5.82 Å². The summed E-state index contributed by atoms with van der Waals surface area (Å²) in [6, 6.07) is 6.65. The van der Waals surface area contributed by atoms with Crippen LogP contribution in [0.4, 0.5) is 21.7 Å². The highest BCUT2D eigenvalue weighted by Gasteiger charge is 2.13. The lowest BCUT2D eigenvalue weighted by Crippen LogP contribution is -2.38. The first-order valence-corrected chi connectivity index (χ1v) is 7.60. The molecule has 3 rings (SSSR count). The van der Waals surface area contributed by atoms with E-state index in [-0.39, 0.29) is 5.02 Å². The largest absolute Gasteiger partial charge is 0.366 e. The van der Waals surface area contributed by atoms with E-state index in [1.165, 1.54) is 18.5 Å². The molecule has 116 valence electrons. The van der Waals surface area contributed by atoms with Crippen molar-refractivity contribution in [2.75, 3.05) is 23.7 Å². The molecular weight excluding hydrogens is 305 g/mol. The normalized spacial score (nSPS) is 18.0. The van der Waals surface area contributed by atoms with Crippen LogP contribution in [0.1, 0.15) is 12.8 Å². The third-order valence-electron chi connectivity index (χ3n) is 3.51. The van der Waals surface area contributed by atoms with Gasteiger partial charge in [0.1, 0.15) is 23.8 Å². The Morgan fingerprint density at radius 1 is 1.23 bits per heavy atom. The van der Waals surface area contributed by atoms with Crippen molar-refractivity contribution in [3.05, 3.63) is 41.4 Å². The van der Waals surface area contributed by atoms with E-state index in [1.54, 1.807) is 6.07 Å². The molecule has 1 atom stereocenters. The summed E-state index contributed by atoms with van der Waals surface area (Å²) < 4.78 is 13.2. The number of hydrogen-bond donors (Lipinski definition) is 3. The molecule has 1 aromatic heterocycles. The van der Waals surface area contributed by atoms with Crippen molar-refractivity contribution in [3.8, 4) is 0 Å². The van der Waals surface area contributed by atoms with Crippen molar-refractivity contribution in [1.82, 2.24) is 15.3 Å². The van der Waals surface area contributed by atoms with Crippen LogP contribution in [0.2, 0.25) is 5.02 Å². The van der Waals surface area contributed by atoms with Gasteiger partial charge in [-0.25, -0.2) is 14.4 Å². The molecule has 1 unspecified atom stereocenters. The summed E-state index contributed by atoms with van der Waals surface area (Å²) in [7, 11) is 0. The highest BCUT2D eigenvalue weighted by Crippen LogP contribution is 2.22. The minimum absolute atomic E-state index is 0.0747. The molecule has 1 aliphatic heterocycles. The van der Waals surface area contributed by atoms with Crippen LogP contribution in [0.5, 0.6) is 0 Å². The summed E-state index contributed by atoms with van der Waals surface area (Å²) in [6.45, 7) is 2.00. The van der Waals surface area contributed by atoms with Gasteiger partial charge >= 0.3 is 0 Å². The number of nitrogens with zero attached hydrogens (tertiary/aromatic N) is 2. The number of piperidine rings is 1. The molecule has 0 saturated carbocycles. The Bertz CT molecular complexity index is 646. The minimum Gasteiger partial charge on any atom is -0.366 e. The second kappa shape index (κ2) is 6.89. The van der Waals surface area contributed by atoms with E-state index in [4.69, 9.17) is 11.6 Å². The van der Waals surface area contributed by atoms with Crippen LogP contribution in [-0.2, 0) is 0 Å². The Labute approximate surface area is 133 Å². The fraction of sp³-hybridized carbons (Fsp3) is 0.333. The Hall–Kier alpha value is -1.92. The molecule has 0 amide bonds. The van der Waals surface area contributed by atoms with Crippen LogP contribution < -0.4 is 16.0 Å². The zero-order valence-corrected chi connectivity index (χ0v) is 12.7. The molecule has 1 fully saturated rings. The highest BCUT2D eigenvalue weighted by molar-refractivity contribution is 6.31. The van der Waals surface area contributed by atoms with Crippen LogP contribution in [0.25, 0.3) is 0 Å². The molecule has 0 radical (unpaired) electrons. The van der Waals surface area contributed by atoms with E-state index in [2.05, 4.69) is 25.9 Å². The zero-order chi connectivity index (χ0) is 15.4. The molecular formula is C15H17ClFN5. The number of aromatic nitrogens is 2. The lowest BCUT2D eigenvalue weighted by Gasteiger charge is -2.24. The molecule has 7 heteroatoms. The molecule has 5 nitrogen and oxygen atoms in total. The van der Waals surface area contributed by atoms with Gasteiger partial charge in [0.25, 0.3) is 0 Å². The van der Waals surface area contributed by atoms with Gasteiger partial charge in [-0.2, -0.15) is 0 Å². The molecule has 1 saturated heterocycles. The first-order valence-electron chi connectivity index (χ1n) is 7.22. The van der Waals surface area contributed by atoms with E-state index in [0.29, 0.717) is 17.5 Å². The topological polar surface area (TPSA) is 61.9 Å². The SMILES string of the molecule is Fc1ccc(Nc2cc(NC3CCCNC3)ncn2)cc1Cl. The molecule has 3 N–H and O–H groups in total. The molecule has 1 aromatic carbocycles. The Kier molecular flexibility index (Phi) is 4.70. The number of benzene rings is 1. The predicted octanol–water partition coefficient (Wildman–Crippen LogP) is 3.18. The molecule has 2 aromatic rings. The second-order valence-corrected chi connectivity index (χ2v) is 5.64. The van der Waals surface area contributed by atoms with Gasteiger partial charge in [-0.3, -0.25) is 0 Å². The Morgan fingerprint density at radius 2 is 2.09 bits per heavy atom. The van der Waals surface area contributed by atoms with E-state index in [0.717, 1.165) is 31.7 Å². The smallest absolute Gasteiger partial charge is 0.141 e. The predicted molar refractivity (Wildman–Crippen MR) is 86.2 cm³/mol. The van der Waals surface area contributed by atoms with Gasteiger partial charge in [0.15, 0.2) is 0 Å². The lowest BCUT2D eigenvalue weighted by atomic mass is 10.1. The van der Waals surface area contributed by atoms with Gasteiger partial charge in [0, 0.05) is 24.3 Å². The number of hydrogen-bond acceptors (Lipinski definition) is 5. The van der Waals surface area contributed by atoms with Crippen LogP contribution in [0.3, 0.4) is 0 Å². The first-order chi connectivity index (χ1) is 10.7. The molecule has 0 aliphatic carbocycles. The van der Waals surface area contributed by atoms with Crippen molar-refractivity contribution in [2.24, 2.45) is 0 Å². The van der Waals surface area contributed by atoms with E-state index in [1.807, 2.05) is 6.07 Å². The summed E-state index contributed by atoms with van der Waals surface area (Å²) in [4.78, 5) is 8.40. The molecule has 0 spiro atoms. The minimum atomic E-state index is -0.443.